The number of benzene rings is 1. The lowest BCUT2D eigenvalue weighted by Crippen LogP contribution is -1.88. The number of ether oxygens (including phenoxy) is 1. The van der Waals surface area contributed by atoms with Gasteiger partial charge in [-0.2, -0.15) is 0 Å². The molecule has 0 saturated carbocycles. The summed E-state index contributed by atoms with van der Waals surface area (Å²) in [5.41, 5.74) is 1.85. The van der Waals surface area contributed by atoms with E-state index in [0.29, 0.717) is 17.0 Å². The van der Waals surface area contributed by atoms with Crippen molar-refractivity contribution in [3.8, 4) is 5.75 Å². The van der Waals surface area contributed by atoms with Crippen molar-refractivity contribution in [1.29, 1.82) is 0 Å². The number of H-pyrrole nitrogens is 1. The van der Waals surface area contributed by atoms with Gasteiger partial charge in [-0.3, -0.25) is 4.79 Å². The molecule has 0 aliphatic carbocycles. The molecule has 0 fully saturated rings. The summed E-state index contributed by atoms with van der Waals surface area (Å²) in [6.45, 7) is -0.176. The number of fused-ring (bicyclic) bond motifs is 1. The number of methoxy groups -OCH3 is 1. The van der Waals surface area contributed by atoms with Gasteiger partial charge in [0.1, 0.15) is 5.75 Å². The smallest absolute Gasteiger partial charge is 0.152 e. The molecule has 0 aliphatic rings. The number of nitrogens with one attached hydrogen (secondary N) is 1. The number of aldehydes is 1. The maximum atomic E-state index is 10.9. The molecule has 0 bridgehead atoms. The lowest BCUT2D eigenvalue weighted by atomic mass is 10.1. The van der Waals surface area contributed by atoms with Crippen molar-refractivity contribution in [3.05, 3.63) is 29.5 Å². The molecular weight excluding hydrogens is 194 g/mol. The highest BCUT2D eigenvalue weighted by molar-refractivity contribution is 5.99. The van der Waals surface area contributed by atoms with E-state index in [1.165, 1.54) is 0 Å². The third-order valence-corrected chi connectivity index (χ3v) is 2.40. The van der Waals surface area contributed by atoms with Crippen molar-refractivity contribution in [2.24, 2.45) is 0 Å². The molecule has 0 saturated heterocycles. The van der Waals surface area contributed by atoms with Gasteiger partial charge in [-0.1, -0.05) is 0 Å². The van der Waals surface area contributed by atoms with E-state index in [1.807, 2.05) is 6.07 Å². The highest BCUT2D eigenvalue weighted by atomic mass is 16.5. The molecule has 4 nitrogen and oxygen atoms in total. The summed E-state index contributed by atoms with van der Waals surface area (Å²) in [6, 6.07) is 5.39. The molecular formula is C11H11NO3. The summed E-state index contributed by atoms with van der Waals surface area (Å²) < 4.78 is 5.07. The molecule has 2 aromatic rings. The number of carbonyl (C=O) groups is 1. The van der Waals surface area contributed by atoms with E-state index in [4.69, 9.17) is 9.84 Å². The molecule has 0 atom stereocenters. The van der Waals surface area contributed by atoms with Crippen molar-refractivity contribution in [3.63, 3.8) is 0 Å². The number of aromatic nitrogens is 1. The SMILES string of the molecule is COc1ccc2[nH]c(CO)c(C=O)c2c1. The predicted octanol–water partition coefficient (Wildman–Crippen LogP) is 1.48. The van der Waals surface area contributed by atoms with Crippen LogP contribution in [0.1, 0.15) is 16.1 Å². The second-order valence-electron chi connectivity index (χ2n) is 3.20. The molecule has 0 radical (unpaired) electrons. The van der Waals surface area contributed by atoms with Gasteiger partial charge in [-0.05, 0) is 18.2 Å². The Balaban J connectivity index is 2.73. The lowest BCUT2D eigenvalue weighted by molar-refractivity contribution is 0.112. The second-order valence-corrected chi connectivity index (χ2v) is 3.20. The zero-order valence-electron chi connectivity index (χ0n) is 8.28. The van der Waals surface area contributed by atoms with Gasteiger partial charge in [0.15, 0.2) is 6.29 Å². The summed E-state index contributed by atoms with van der Waals surface area (Å²) in [7, 11) is 1.57. The van der Waals surface area contributed by atoms with Crippen LogP contribution in [0.15, 0.2) is 18.2 Å². The van der Waals surface area contributed by atoms with Gasteiger partial charge >= 0.3 is 0 Å². The second kappa shape index (κ2) is 3.74. The molecule has 1 aromatic heterocycles. The summed E-state index contributed by atoms with van der Waals surface area (Å²) in [4.78, 5) is 13.9. The van der Waals surface area contributed by atoms with Crippen molar-refractivity contribution < 1.29 is 14.6 Å². The number of carbonyl (C=O) groups excluding carboxylic acids is 1. The predicted molar refractivity (Wildman–Crippen MR) is 56.2 cm³/mol. The number of hydrogen-bond donors (Lipinski definition) is 2. The van der Waals surface area contributed by atoms with E-state index in [2.05, 4.69) is 4.98 Å². The van der Waals surface area contributed by atoms with Crippen LogP contribution >= 0.6 is 0 Å². The molecule has 78 valence electrons. The normalized spacial score (nSPS) is 10.5. The van der Waals surface area contributed by atoms with Crippen LogP contribution in [0.4, 0.5) is 0 Å². The van der Waals surface area contributed by atoms with Gasteiger partial charge in [0, 0.05) is 16.5 Å². The molecule has 1 aromatic carbocycles. The highest BCUT2D eigenvalue weighted by Crippen LogP contribution is 2.25. The first-order valence-electron chi connectivity index (χ1n) is 4.54. The quantitative estimate of drug-likeness (QED) is 0.746. The topological polar surface area (TPSA) is 62.3 Å². The molecule has 2 N–H and O–H groups in total. The molecule has 1 heterocycles. The van der Waals surface area contributed by atoms with Crippen LogP contribution in [0.25, 0.3) is 10.9 Å². The van der Waals surface area contributed by atoms with Gasteiger partial charge in [0.2, 0.25) is 0 Å². The van der Waals surface area contributed by atoms with Gasteiger partial charge in [-0.15, -0.1) is 0 Å². The van der Waals surface area contributed by atoms with Crippen LogP contribution in [-0.4, -0.2) is 23.5 Å². The minimum atomic E-state index is -0.176. The largest absolute Gasteiger partial charge is 0.497 e. The van der Waals surface area contributed by atoms with Gasteiger partial charge in [0.05, 0.1) is 19.4 Å². The standard InChI is InChI=1S/C11H11NO3/c1-15-7-2-3-10-8(4-7)9(5-13)11(6-14)12-10/h2-5,12,14H,6H2,1H3. The highest BCUT2D eigenvalue weighted by Gasteiger charge is 2.10. The zero-order chi connectivity index (χ0) is 10.8. The fourth-order valence-corrected chi connectivity index (χ4v) is 1.63. The monoisotopic (exact) mass is 205 g/mol. The van der Waals surface area contributed by atoms with E-state index in [-0.39, 0.29) is 6.61 Å². The third-order valence-electron chi connectivity index (χ3n) is 2.40. The first kappa shape index (κ1) is 9.73. The van der Waals surface area contributed by atoms with Crippen molar-refractivity contribution in [2.75, 3.05) is 7.11 Å². The fourth-order valence-electron chi connectivity index (χ4n) is 1.63. The number of rotatable bonds is 3. The van der Waals surface area contributed by atoms with Crippen LogP contribution < -0.4 is 4.74 Å². The lowest BCUT2D eigenvalue weighted by Gasteiger charge is -1.98. The third kappa shape index (κ3) is 1.49. The Hall–Kier alpha value is -1.81. The number of aromatic amines is 1. The van der Waals surface area contributed by atoms with Crippen LogP contribution in [-0.2, 0) is 6.61 Å². The Morgan fingerprint density at radius 1 is 1.53 bits per heavy atom. The number of hydrogen-bond acceptors (Lipinski definition) is 3. The number of aliphatic hydroxyl groups is 1. The van der Waals surface area contributed by atoms with Crippen LogP contribution in [0.2, 0.25) is 0 Å². The van der Waals surface area contributed by atoms with E-state index in [9.17, 15) is 4.79 Å². The Labute approximate surface area is 86.5 Å². The van der Waals surface area contributed by atoms with E-state index < -0.39 is 0 Å². The summed E-state index contributed by atoms with van der Waals surface area (Å²) in [5, 5.41) is 9.83. The molecule has 0 amide bonds. The average molecular weight is 205 g/mol. The van der Waals surface area contributed by atoms with E-state index >= 15 is 0 Å². The zero-order valence-corrected chi connectivity index (χ0v) is 8.28. The Morgan fingerprint density at radius 3 is 2.93 bits per heavy atom. The summed E-state index contributed by atoms with van der Waals surface area (Å²) in [5.74, 6) is 0.689. The summed E-state index contributed by atoms with van der Waals surface area (Å²) >= 11 is 0. The van der Waals surface area contributed by atoms with Crippen LogP contribution in [0.5, 0.6) is 5.75 Å². The molecule has 15 heavy (non-hydrogen) atoms. The summed E-state index contributed by atoms with van der Waals surface area (Å²) in [6.07, 6.45) is 0.740. The van der Waals surface area contributed by atoms with Crippen LogP contribution in [0, 0.1) is 0 Å². The Kier molecular flexibility index (Phi) is 2.43. The van der Waals surface area contributed by atoms with Crippen molar-refractivity contribution in [2.45, 2.75) is 6.61 Å². The molecule has 0 spiro atoms. The minimum Gasteiger partial charge on any atom is -0.497 e. The first-order valence-corrected chi connectivity index (χ1v) is 4.54. The van der Waals surface area contributed by atoms with E-state index in [1.54, 1.807) is 19.2 Å². The van der Waals surface area contributed by atoms with Gasteiger partial charge in [0.25, 0.3) is 0 Å². The maximum absolute atomic E-state index is 10.9. The Bertz CT molecular complexity index is 502. The first-order chi connectivity index (χ1) is 7.30. The number of aliphatic hydroxyl groups excluding tert-OH is 1. The fraction of sp³-hybridized carbons (Fsp3) is 0.182. The molecule has 4 heteroatoms. The molecule has 2 rings (SSSR count). The molecule has 0 unspecified atom stereocenters. The maximum Gasteiger partial charge on any atom is 0.152 e. The average Bonchev–Trinajstić information content (AvgIpc) is 2.65. The van der Waals surface area contributed by atoms with Crippen molar-refractivity contribution in [1.82, 2.24) is 4.98 Å². The van der Waals surface area contributed by atoms with Gasteiger partial charge < -0.3 is 14.8 Å². The minimum absolute atomic E-state index is 0.176. The van der Waals surface area contributed by atoms with E-state index in [0.717, 1.165) is 17.2 Å². The van der Waals surface area contributed by atoms with Crippen LogP contribution in [0.3, 0.4) is 0 Å². The van der Waals surface area contributed by atoms with Crippen molar-refractivity contribution >= 4 is 17.2 Å². The van der Waals surface area contributed by atoms with Gasteiger partial charge in [-0.25, -0.2) is 0 Å². The molecule has 0 aliphatic heterocycles. The Morgan fingerprint density at radius 2 is 2.33 bits per heavy atom.